The van der Waals surface area contributed by atoms with Crippen molar-refractivity contribution >= 4 is 17.5 Å². The average Bonchev–Trinajstić information content (AvgIpc) is 2.65. The minimum absolute atomic E-state index is 0.190. The van der Waals surface area contributed by atoms with Crippen LogP contribution in [0.5, 0.6) is 0 Å². The van der Waals surface area contributed by atoms with Gasteiger partial charge in [0.1, 0.15) is 24.6 Å². The van der Waals surface area contributed by atoms with Gasteiger partial charge in [-0.3, -0.25) is 18.8 Å². The van der Waals surface area contributed by atoms with Crippen LogP contribution >= 0.6 is 0 Å². The van der Waals surface area contributed by atoms with Gasteiger partial charge in [0.2, 0.25) is 0 Å². The Morgan fingerprint density at radius 2 is 1.93 bits per heavy atom. The van der Waals surface area contributed by atoms with Crippen LogP contribution in [0.25, 0.3) is 5.65 Å². The van der Waals surface area contributed by atoms with Crippen LogP contribution in [0.2, 0.25) is 0 Å². The number of hydrogen-bond acceptors (Lipinski definition) is 5. The number of nitrogens with zero attached hydrogens (tertiary/aromatic N) is 2. The first-order valence-corrected chi connectivity index (χ1v) is 8.11. The van der Waals surface area contributed by atoms with E-state index in [9.17, 15) is 18.8 Å². The van der Waals surface area contributed by atoms with Gasteiger partial charge in [-0.25, -0.2) is 9.37 Å². The Balaban J connectivity index is 1.57. The molecule has 0 fully saturated rings. The van der Waals surface area contributed by atoms with E-state index in [2.05, 4.69) is 10.3 Å². The van der Waals surface area contributed by atoms with E-state index in [1.54, 1.807) is 12.3 Å². The Bertz CT molecular complexity index is 1060. The number of pyridine rings is 1. The van der Waals surface area contributed by atoms with Gasteiger partial charge in [0.15, 0.2) is 0 Å². The number of carbonyl (C=O) groups excluding carboxylic acids is 2. The minimum Gasteiger partial charge on any atom is -0.458 e. The van der Waals surface area contributed by atoms with Crippen molar-refractivity contribution in [3.63, 3.8) is 0 Å². The normalized spacial score (nSPS) is 10.6. The van der Waals surface area contributed by atoms with Crippen molar-refractivity contribution in [2.45, 2.75) is 13.5 Å². The maximum atomic E-state index is 12.8. The highest BCUT2D eigenvalue weighted by Crippen LogP contribution is 2.04. The fourth-order valence-corrected chi connectivity index (χ4v) is 2.39. The molecule has 0 bridgehead atoms. The van der Waals surface area contributed by atoms with E-state index < -0.39 is 17.7 Å². The van der Waals surface area contributed by atoms with Crippen molar-refractivity contribution in [1.29, 1.82) is 0 Å². The number of nitrogens with one attached hydrogen (secondary N) is 1. The first kappa shape index (κ1) is 18.2. The number of fused-ring (bicyclic) bond motifs is 1. The van der Waals surface area contributed by atoms with Crippen LogP contribution < -0.4 is 10.9 Å². The molecule has 138 valence electrons. The molecule has 0 radical (unpaired) electrons. The predicted molar refractivity (Wildman–Crippen MR) is 94.7 cm³/mol. The summed E-state index contributed by atoms with van der Waals surface area (Å²) in [7, 11) is 0. The number of esters is 1. The van der Waals surface area contributed by atoms with Gasteiger partial charge in [0, 0.05) is 17.8 Å². The van der Waals surface area contributed by atoms with E-state index in [-0.39, 0.29) is 24.3 Å². The fourth-order valence-electron chi connectivity index (χ4n) is 2.39. The second kappa shape index (κ2) is 7.77. The topological polar surface area (TPSA) is 89.8 Å². The Morgan fingerprint density at radius 1 is 1.19 bits per heavy atom. The van der Waals surface area contributed by atoms with Crippen molar-refractivity contribution in [3.8, 4) is 0 Å². The van der Waals surface area contributed by atoms with E-state index in [0.29, 0.717) is 11.3 Å². The number of halogens is 1. The summed E-state index contributed by atoms with van der Waals surface area (Å²) in [4.78, 5) is 40.0. The van der Waals surface area contributed by atoms with Crippen molar-refractivity contribution in [1.82, 2.24) is 14.7 Å². The molecule has 3 aromatic rings. The molecule has 1 aromatic carbocycles. The molecule has 0 aliphatic heterocycles. The smallest absolute Gasteiger partial charge is 0.325 e. The highest BCUT2D eigenvalue weighted by atomic mass is 19.1. The fraction of sp³-hybridized carbons (Fsp3) is 0.158. The van der Waals surface area contributed by atoms with E-state index in [0.717, 1.165) is 17.7 Å². The second-order valence-corrected chi connectivity index (χ2v) is 5.87. The van der Waals surface area contributed by atoms with Crippen LogP contribution in [0.15, 0.2) is 53.5 Å². The van der Waals surface area contributed by atoms with Crippen molar-refractivity contribution in [3.05, 3.63) is 81.7 Å². The Hall–Kier alpha value is -3.55. The predicted octanol–water partition coefficient (Wildman–Crippen LogP) is 1.62. The molecule has 0 spiro atoms. The molecule has 0 aliphatic rings. The summed E-state index contributed by atoms with van der Waals surface area (Å²) in [6.07, 6.45) is 1.67. The van der Waals surface area contributed by atoms with Gasteiger partial charge in [-0.1, -0.05) is 6.07 Å². The molecule has 0 saturated heterocycles. The van der Waals surface area contributed by atoms with Crippen LogP contribution in [0.3, 0.4) is 0 Å². The summed E-state index contributed by atoms with van der Waals surface area (Å²) < 4.78 is 19.3. The summed E-state index contributed by atoms with van der Waals surface area (Å²) in [6, 6.07) is 9.73. The third-order valence-electron chi connectivity index (χ3n) is 3.74. The summed E-state index contributed by atoms with van der Waals surface area (Å²) in [5, 5.41) is 2.38. The largest absolute Gasteiger partial charge is 0.458 e. The molecule has 0 unspecified atom stereocenters. The summed E-state index contributed by atoms with van der Waals surface area (Å²) in [5.41, 5.74) is 1.62. The quantitative estimate of drug-likeness (QED) is 0.690. The Morgan fingerprint density at radius 3 is 2.67 bits per heavy atom. The van der Waals surface area contributed by atoms with Gasteiger partial charge in [-0.05, 0) is 42.8 Å². The Kier molecular flexibility index (Phi) is 5.25. The third kappa shape index (κ3) is 4.55. The molecule has 27 heavy (non-hydrogen) atoms. The van der Waals surface area contributed by atoms with Crippen LogP contribution in [0, 0.1) is 12.7 Å². The van der Waals surface area contributed by atoms with Crippen LogP contribution in [0.1, 0.15) is 21.6 Å². The number of benzene rings is 1. The maximum Gasteiger partial charge on any atom is 0.325 e. The molecule has 1 N–H and O–H groups in total. The monoisotopic (exact) mass is 369 g/mol. The lowest BCUT2D eigenvalue weighted by Gasteiger charge is -2.07. The van der Waals surface area contributed by atoms with Gasteiger partial charge in [-0.2, -0.15) is 0 Å². The number of aryl methyl sites for hydroxylation is 1. The number of amides is 1. The number of rotatable bonds is 5. The molecule has 0 saturated carbocycles. The zero-order valence-electron chi connectivity index (χ0n) is 14.4. The first-order chi connectivity index (χ1) is 12.9. The van der Waals surface area contributed by atoms with Gasteiger partial charge in [0.25, 0.3) is 11.5 Å². The van der Waals surface area contributed by atoms with Crippen LogP contribution in [-0.2, 0) is 16.1 Å². The van der Waals surface area contributed by atoms with Crippen molar-refractivity contribution < 1.29 is 18.7 Å². The number of aromatic nitrogens is 2. The lowest BCUT2D eigenvalue weighted by molar-refractivity contribution is -0.143. The molecule has 2 heterocycles. The summed E-state index contributed by atoms with van der Waals surface area (Å²) >= 11 is 0. The van der Waals surface area contributed by atoms with Crippen molar-refractivity contribution in [2.75, 3.05) is 6.54 Å². The molecule has 1 amide bonds. The highest BCUT2D eigenvalue weighted by Gasteiger charge is 2.10. The van der Waals surface area contributed by atoms with Gasteiger partial charge in [0.05, 0.1) is 5.69 Å². The molecular weight excluding hydrogens is 353 g/mol. The van der Waals surface area contributed by atoms with Crippen molar-refractivity contribution in [2.24, 2.45) is 0 Å². The first-order valence-electron chi connectivity index (χ1n) is 8.11. The molecule has 3 rings (SSSR count). The molecule has 2 aromatic heterocycles. The average molecular weight is 369 g/mol. The SMILES string of the molecule is Cc1ccc2nc(COC(=O)CNC(=O)c3ccc(F)cc3)cc(=O)n2c1. The maximum absolute atomic E-state index is 12.8. The number of hydrogen-bond donors (Lipinski definition) is 1. The summed E-state index contributed by atoms with van der Waals surface area (Å²) in [6.45, 7) is 1.31. The standard InChI is InChI=1S/C19H16FN3O4/c1-12-2-7-16-22-15(8-17(24)23(16)10-12)11-27-18(25)9-21-19(26)13-3-5-14(20)6-4-13/h2-8,10H,9,11H2,1H3,(H,21,26). The Labute approximate surface area is 153 Å². The van der Waals surface area contributed by atoms with E-state index in [4.69, 9.17) is 4.74 Å². The number of carbonyl (C=O) groups is 2. The zero-order valence-corrected chi connectivity index (χ0v) is 14.4. The van der Waals surface area contributed by atoms with E-state index in [1.165, 1.54) is 22.6 Å². The highest BCUT2D eigenvalue weighted by molar-refractivity contribution is 5.95. The minimum atomic E-state index is -0.684. The molecule has 8 heteroatoms. The van der Waals surface area contributed by atoms with Crippen LogP contribution in [-0.4, -0.2) is 27.8 Å². The zero-order chi connectivity index (χ0) is 19.4. The molecule has 7 nitrogen and oxygen atoms in total. The lowest BCUT2D eigenvalue weighted by atomic mass is 10.2. The van der Waals surface area contributed by atoms with Crippen LogP contribution in [0.4, 0.5) is 4.39 Å². The molecular formula is C19H16FN3O4. The lowest BCUT2D eigenvalue weighted by Crippen LogP contribution is -2.30. The van der Waals surface area contributed by atoms with E-state index >= 15 is 0 Å². The summed E-state index contributed by atoms with van der Waals surface area (Å²) in [5.74, 6) is -1.67. The second-order valence-electron chi connectivity index (χ2n) is 5.87. The molecule has 0 atom stereocenters. The number of ether oxygens (including phenoxy) is 1. The van der Waals surface area contributed by atoms with Gasteiger partial charge < -0.3 is 10.1 Å². The molecule has 0 aliphatic carbocycles. The van der Waals surface area contributed by atoms with E-state index in [1.807, 2.05) is 13.0 Å². The third-order valence-corrected chi connectivity index (χ3v) is 3.74. The van der Waals surface area contributed by atoms with Gasteiger partial charge in [-0.15, -0.1) is 0 Å². The van der Waals surface area contributed by atoms with Gasteiger partial charge >= 0.3 is 5.97 Å².